The molecule has 0 spiro atoms. The van der Waals surface area contributed by atoms with E-state index in [0.29, 0.717) is 28.8 Å². The lowest BCUT2D eigenvalue weighted by Crippen LogP contribution is -2.56. The molecule has 0 unspecified atom stereocenters. The van der Waals surface area contributed by atoms with Gasteiger partial charge in [-0.2, -0.15) is 0 Å². The average Bonchev–Trinajstić information content (AvgIpc) is 2.48. The SMILES string of the molecule is COC(=O)C1(NC(=O)c2ccc(F)cc2Br)CCC(C)CC1. The molecule has 1 aromatic rings. The van der Waals surface area contributed by atoms with Gasteiger partial charge in [-0.05, 0) is 65.7 Å². The quantitative estimate of drug-likeness (QED) is 0.827. The predicted octanol–water partition coefficient (Wildman–Crippen LogP) is 3.44. The van der Waals surface area contributed by atoms with E-state index in [9.17, 15) is 14.0 Å². The van der Waals surface area contributed by atoms with Crippen LogP contribution < -0.4 is 5.32 Å². The average molecular weight is 372 g/mol. The van der Waals surface area contributed by atoms with Crippen LogP contribution in [0.2, 0.25) is 0 Å². The molecule has 0 radical (unpaired) electrons. The molecular weight excluding hydrogens is 353 g/mol. The molecule has 0 heterocycles. The highest BCUT2D eigenvalue weighted by Gasteiger charge is 2.43. The summed E-state index contributed by atoms with van der Waals surface area (Å²) >= 11 is 3.18. The molecule has 0 saturated heterocycles. The molecule has 22 heavy (non-hydrogen) atoms. The molecule has 2 rings (SSSR count). The Morgan fingerprint density at radius 3 is 2.55 bits per heavy atom. The number of nitrogens with one attached hydrogen (secondary N) is 1. The first-order valence-corrected chi connectivity index (χ1v) is 8.03. The Bertz CT molecular complexity index is 583. The van der Waals surface area contributed by atoms with E-state index in [1.54, 1.807) is 0 Å². The summed E-state index contributed by atoms with van der Waals surface area (Å²) in [5, 5.41) is 2.81. The van der Waals surface area contributed by atoms with Gasteiger partial charge in [-0.1, -0.05) is 6.92 Å². The number of hydrogen-bond donors (Lipinski definition) is 1. The summed E-state index contributed by atoms with van der Waals surface area (Å²) in [6, 6.07) is 3.83. The molecule has 1 saturated carbocycles. The van der Waals surface area contributed by atoms with Crippen molar-refractivity contribution in [1.29, 1.82) is 0 Å². The van der Waals surface area contributed by atoms with Crippen LogP contribution in [0.5, 0.6) is 0 Å². The molecule has 1 aliphatic carbocycles. The maximum absolute atomic E-state index is 13.1. The Labute approximate surface area is 137 Å². The number of rotatable bonds is 3. The number of halogens is 2. The van der Waals surface area contributed by atoms with Gasteiger partial charge in [0.25, 0.3) is 5.91 Å². The van der Waals surface area contributed by atoms with E-state index in [-0.39, 0.29) is 0 Å². The minimum atomic E-state index is -0.994. The molecule has 1 aliphatic rings. The van der Waals surface area contributed by atoms with Gasteiger partial charge < -0.3 is 10.1 Å². The highest BCUT2D eigenvalue weighted by Crippen LogP contribution is 2.33. The Kier molecular flexibility index (Phi) is 5.21. The Balaban J connectivity index is 2.23. The van der Waals surface area contributed by atoms with Crippen LogP contribution in [0.4, 0.5) is 4.39 Å². The van der Waals surface area contributed by atoms with Crippen LogP contribution in [-0.4, -0.2) is 24.5 Å². The minimum Gasteiger partial charge on any atom is -0.467 e. The zero-order valence-corrected chi connectivity index (χ0v) is 14.2. The molecule has 1 amide bonds. The number of amides is 1. The first kappa shape index (κ1) is 16.9. The van der Waals surface area contributed by atoms with Gasteiger partial charge in [-0.15, -0.1) is 0 Å². The Morgan fingerprint density at radius 2 is 2.00 bits per heavy atom. The molecule has 120 valence electrons. The van der Waals surface area contributed by atoms with Crippen LogP contribution in [0.1, 0.15) is 43.0 Å². The van der Waals surface area contributed by atoms with E-state index in [4.69, 9.17) is 4.74 Å². The van der Waals surface area contributed by atoms with Crippen molar-refractivity contribution in [3.8, 4) is 0 Å². The van der Waals surface area contributed by atoms with Crippen molar-refractivity contribution in [1.82, 2.24) is 5.32 Å². The number of ether oxygens (including phenoxy) is 1. The smallest absolute Gasteiger partial charge is 0.331 e. The fraction of sp³-hybridized carbons (Fsp3) is 0.500. The van der Waals surface area contributed by atoms with Crippen molar-refractivity contribution >= 4 is 27.8 Å². The highest BCUT2D eigenvalue weighted by molar-refractivity contribution is 9.10. The largest absolute Gasteiger partial charge is 0.467 e. The molecule has 1 N–H and O–H groups in total. The fourth-order valence-corrected chi connectivity index (χ4v) is 3.32. The lowest BCUT2D eigenvalue weighted by atomic mass is 9.77. The number of methoxy groups -OCH3 is 1. The van der Waals surface area contributed by atoms with Gasteiger partial charge in [0.15, 0.2) is 0 Å². The highest BCUT2D eigenvalue weighted by atomic mass is 79.9. The maximum Gasteiger partial charge on any atom is 0.331 e. The summed E-state index contributed by atoms with van der Waals surface area (Å²) in [6.07, 6.45) is 2.79. The van der Waals surface area contributed by atoms with Gasteiger partial charge in [0, 0.05) is 4.47 Å². The third kappa shape index (κ3) is 3.48. The normalized spacial score (nSPS) is 24.6. The summed E-state index contributed by atoms with van der Waals surface area (Å²) in [5.74, 6) is -0.748. The van der Waals surface area contributed by atoms with Crippen LogP contribution >= 0.6 is 15.9 Å². The number of benzene rings is 1. The van der Waals surface area contributed by atoms with E-state index in [1.807, 2.05) is 0 Å². The van der Waals surface area contributed by atoms with E-state index in [0.717, 1.165) is 12.8 Å². The molecule has 1 aromatic carbocycles. The molecule has 4 nitrogen and oxygen atoms in total. The lowest BCUT2D eigenvalue weighted by Gasteiger charge is -2.37. The number of esters is 1. The summed E-state index contributed by atoms with van der Waals surface area (Å²) in [4.78, 5) is 24.7. The third-order valence-electron chi connectivity index (χ3n) is 4.23. The van der Waals surface area contributed by atoms with Crippen LogP contribution in [0.3, 0.4) is 0 Å². The molecule has 0 atom stereocenters. The van der Waals surface area contributed by atoms with Gasteiger partial charge >= 0.3 is 5.97 Å². The monoisotopic (exact) mass is 371 g/mol. The van der Waals surface area contributed by atoms with Gasteiger partial charge in [0.1, 0.15) is 11.4 Å². The minimum absolute atomic E-state index is 0.295. The fourth-order valence-electron chi connectivity index (χ4n) is 2.79. The van der Waals surface area contributed by atoms with Crippen molar-refractivity contribution in [2.45, 2.75) is 38.1 Å². The second kappa shape index (κ2) is 6.77. The number of carbonyl (C=O) groups is 2. The van der Waals surface area contributed by atoms with Crippen LogP contribution in [-0.2, 0) is 9.53 Å². The van der Waals surface area contributed by atoms with Crippen LogP contribution in [0.15, 0.2) is 22.7 Å². The summed E-state index contributed by atoms with van der Waals surface area (Å²) in [7, 11) is 1.32. The van der Waals surface area contributed by atoms with Gasteiger partial charge in [0.05, 0.1) is 12.7 Å². The molecular formula is C16H19BrFNO3. The lowest BCUT2D eigenvalue weighted by molar-refractivity contribution is -0.150. The van der Waals surface area contributed by atoms with E-state index >= 15 is 0 Å². The zero-order valence-electron chi connectivity index (χ0n) is 12.6. The molecule has 1 fully saturated rings. The maximum atomic E-state index is 13.1. The van der Waals surface area contributed by atoms with Crippen LogP contribution in [0.25, 0.3) is 0 Å². The first-order chi connectivity index (χ1) is 10.4. The van der Waals surface area contributed by atoms with E-state index in [2.05, 4.69) is 28.2 Å². The standard InChI is InChI=1S/C16H19BrFNO3/c1-10-5-7-16(8-6-10,15(21)22-2)19-14(20)12-4-3-11(18)9-13(12)17/h3-4,9-10H,5-8H2,1-2H3,(H,19,20). The van der Waals surface area contributed by atoms with Crippen molar-refractivity contribution in [3.63, 3.8) is 0 Å². The Morgan fingerprint density at radius 1 is 1.36 bits per heavy atom. The predicted molar refractivity (Wildman–Crippen MR) is 83.9 cm³/mol. The van der Waals surface area contributed by atoms with Crippen molar-refractivity contribution in [2.75, 3.05) is 7.11 Å². The van der Waals surface area contributed by atoms with Crippen molar-refractivity contribution in [3.05, 3.63) is 34.1 Å². The number of carbonyl (C=O) groups excluding carboxylic acids is 2. The second-order valence-electron chi connectivity index (χ2n) is 5.83. The van der Waals surface area contributed by atoms with Crippen molar-refractivity contribution < 1.29 is 18.7 Å². The van der Waals surface area contributed by atoms with Crippen LogP contribution in [0, 0.1) is 11.7 Å². The van der Waals surface area contributed by atoms with E-state index in [1.165, 1.54) is 25.3 Å². The second-order valence-corrected chi connectivity index (χ2v) is 6.69. The molecule has 0 aromatic heterocycles. The first-order valence-electron chi connectivity index (χ1n) is 7.24. The number of hydrogen-bond acceptors (Lipinski definition) is 3. The zero-order chi connectivity index (χ0) is 16.3. The Hall–Kier alpha value is -1.43. The topological polar surface area (TPSA) is 55.4 Å². The third-order valence-corrected chi connectivity index (χ3v) is 4.89. The van der Waals surface area contributed by atoms with Crippen molar-refractivity contribution in [2.24, 2.45) is 5.92 Å². The van der Waals surface area contributed by atoms with E-state index < -0.39 is 23.2 Å². The molecule has 0 aliphatic heterocycles. The van der Waals surface area contributed by atoms with Gasteiger partial charge in [-0.25, -0.2) is 9.18 Å². The molecule has 6 heteroatoms. The summed E-state index contributed by atoms with van der Waals surface area (Å²) < 4.78 is 18.4. The molecule has 0 bridgehead atoms. The summed E-state index contributed by atoms with van der Waals surface area (Å²) in [6.45, 7) is 2.12. The van der Waals surface area contributed by atoms with Gasteiger partial charge in [-0.3, -0.25) is 4.79 Å². The van der Waals surface area contributed by atoms with Gasteiger partial charge in [0.2, 0.25) is 0 Å². The summed E-state index contributed by atoms with van der Waals surface area (Å²) in [5.41, 5.74) is -0.699.